The quantitative estimate of drug-likeness (QED) is 0.826. The topological polar surface area (TPSA) is 27.7 Å². The summed E-state index contributed by atoms with van der Waals surface area (Å²) in [7, 11) is 0. The minimum absolute atomic E-state index is 0.0751. The average Bonchev–Trinajstić information content (AvgIpc) is 2.51. The summed E-state index contributed by atoms with van der Waals surface area (Å²) in [5.74, 6) is 1.02. The second-order valence-electron chi connectivity index (χ2n) is 6.02. The highest BCUT2D eigenvalue weighted by atomic mass is 16.7. The molecule has 0 spiro atoms. The van der Waals surface area contributed by atoms with Gasteiger partial charge < -0.3 is 14.2 Å². The van der Waals surface area contributed by atoms with Crippen molar-refractivity contribution < 1.29 is 14.2 Å². The molecule has 0 amide bonds. The van der Waals surface area contributed by atoms with E-state index in [0.717, 1.165) is 12.0 Å². The van der Waals surface area contributed by atoms with E-state index in [0.29, 0.717) is 24.5 Å². The molecule has 0 bridgehead atoms. The van der Waals surface area contributed by atoms with E-state index in [1.54, 1.807) is 0 Å². The Morgan fingerprint density at radius 1 is 1.05 bits per heavy atom. The Balaban J connectivity index is 1.74. The predicted molar refractivity (Wildman–Crippen MR) is 77.3 cm³/mol. The van der Waals surface area contributed by atoms with Crippen LogP contribution in [0.5, 0.6) is 0 Å². The van der Waals surface area contributed by atoms with E-state index >= 15 is 0 Å². The van der Waals surface area contributed by atoms with Gasteiger partial charge in [-0.05, 0) is 18.3 Å². The number of fused-ring (bicyclic) bond motifs is 1. The Morgan fingerprint density at radius 2 is 1.80 bits per heavy atom. The van der Waals surface area contributed by atoms with Gasteiger partial charge in [-0.2, -0.15) is 0 Å². The molecule has 20 heavy (non-hydrogen) atoms. The van der Waals surface area contributed by atoms with Gasteiger partial charge in [0.1, 0.15) is 6.10 Å². The lowest BCUT2D eigenvalue weighted by atomic mass is 9.80. The third-order valence-electron chi connectivity index (χ3n) is 4.82. The molecule has 0 aromatic heterocycles. The van der Waals surface area contributed by atoms with Crippen molar-refractivity contribution in [2.75, 3.05) is 6.61 Å². The summed E-state index contributed by atoms with van der Waals surface area (Å²) in [5.41, 5.74) is 1.09. The highest BCUT2D eigenvalue weighted by Gasteiger charge is 2.45. The van der Waals surface area contributed by atoms with Gasteiger partial charge in [0.15, 0.2) is 6.29 Å². The van der Waals surface area contributed by atoms with Crippen molar-refractivity contribution in [1.29, 1.82) is 0 Å². The monoisotopic (exact) mass is 276 g/mol. The molecule has 1 aromatic rings. The van der Waals surface area contributed by atoms with E-state index in [2.05, 4.69) is 32.9 Å². The number of hydrogen-bond donors (Lipinski definition) is 0. The fraction of sp³-hybridized carbons (Fsp3) is 0.647. The highest BCUT2D eigenvalue weighted by Crippen LogP contribution is 2.39. The molecule has 3 heteroatoms. The zero-order chi connectivity index (χ0) is 14.1. The Kier molecular flexibility index (Phi) is 4.11. The fourth-order valence-electron chi connectivity index (χ4n) is 3.37. The van der Waals surface area contributed by atoms with Gasteiger partial charge in [0.2, 0.25) is 0 Å². The zero-order valence-electron chi connectivity index (χ0n) is 12.5. The molecule has 3 nitrogen and oxygen atoms in total. The molecule has 2 aliphatic rings. The summed E-state index contributed by atoms with van der Waals surface area (Å²) in [6.07, 6.45) is 1.33. The molecule has 0 saturated carbocycles. The van der Waals surface area contributed by atoms with Crippen LogP contribution in [-0.4, -0.2) is 24.9 Å². The van der Waals surface area contributed by atoms with Crippen molar-refractivity contribution in [2.24, 2.45) is 11.8 Å². The Bertz CT molecular complexity index is 431. The van der Waals surface area contributed by atoms with Gasteiger partial charge in [0, 0.05) is 5.56 Å². The predicted octanol–water partition coefficient (Wildman–Crippen LogP) is 3.55. The van der Waals surface area contributed by atoms with Crippen LogP contribution in [0.4, 0.5) is 0 Å². The molecule has 3 unspecified atom stereocenters. The highest BCUT2D eigenvalue weighted by molar-refractivity contribution is 5.16. The molecule has 2 aliphatic heterocycles. The van der Waals surface area contributed by atoms with Crippen LogP contribution in [-0.2, 0) is 14.2 Å². The van der Waals surface area contributed by atoms with Gasteiger partial charge in [-0.25, -0.2) is 0 Å². The van der Waals surface area contributed by atoms with Crippen LogP contribution in [0.1, 0.15) is 39.0 Å². The van der Waals surface area contributed by atoms with E-state index in [1.807, 2.05) is 18.2 Å². The molecular weight excluding hydrogens is 252 g/mol. The second kappa shape index (κ2) is 5.84. The van der Waals surface area contributed by atoms with Crippen LogP contribution < -0.4 is 0 Å². The van der Waals surface area contributed by atoms with Crippen molar-refractivity contribution >= 4 is 0 Å². The number of hydrogen-bond acceptors (Lipinski definition) is 3. The average molecular weight is 276 g/mol. The first-order valence-corrected chi connectivity index (χ1v) is 7.68. The lowest BCUT2D eigenvalue weighted by molar-refractivity contribution is -0.310. The fourth-order valence-corrected chi connectivity index (χ4v) is 3.37. The largest absolute Gasteiger partial charge is 0.370 e. The Morgan fingerprint density at radius 3 is 2.50 bits per heavy atom. The Labute approximate surface area is 121 Å². The summed E-state index contributed by atoms with van der Waals surface area (Å²) in [5, 5.41) is 0. The van der Waals surface area contributed by atoms with Crippen LogP contribution in [0.25, 0.3) is 0 Å². The minimum Gasteiger partial charge on any atom is -0.370 e. The van der Waals surface area contributed by atoms with Gasteiger partial charge in [0.25, 0.3) is 0 Å². The SMILES string of the molecule is CC[C@H]1O[C@H]2COC(c3ccccc3)OC2[C@@H](C)C1C. The number of ether oxygens (including phenoxy) is 3. The van der Waals surface area contributed by atoms with Crippen molar-refractivity contribution in [1.82, 2.24) is 0 Å². The van der Waals surface area contributed by atoms with Gasteiger partial charge in [-0.3, -0.25) is 0 Å². The summed E-state index contributed by atoms with van der Waals surface area (Å²) in [6.45, 7) is 7.36. The lowest BCUT2D eigenvalue weighted by Gasteiger charge is -2.48. The second-order valence-corrected chi connectivity index (χ2v) is 6.02. The van der Waals surface area contributed by atoms with Gasteiger partial charge in [0.05, 0.1) is 18.8 Å². The molecule has 2 heterocycles. The van der Waals surface area contributed by atoms with Crippen LogP contribution in [0.3, 0.4) is 0 Å². The third kappa shape index (κ3) is 2.50. The lowest BCUT2D eigenvalue weighted by Crippen LogP contribution is -2.54. The van der Waals surface area contributed by atoms with E-state index in [1.165, 1.54) is 0 Å². The minimum atomic E-state index is -0.256. The summed E-state index contributed by atoms with van der Waals surface area (Å²) < 4.78 is 18.2. The van der Waals surface area contributed by atoms with Crippen molar-refractivity contribution in [3.05, 3.63) is 35.9 Å². The zero-order valence-corrected chi connectivity index (χ0v) is 12.5. The molecular formula is C17H24O3. The van der Waals surface area contributed by atoms with Gasteiger partial charge in [-0.15, -0.1) is 0 Å². The molecule has 1 aromatic carbocycles. The summed E-state index contributed by atoms with van der Waals surface area (Å²) in [4.78, 5) is 0. The van der Waals surface area contributed by atoms with E-state index in [-0.39, 0.29) is 18.5 Å². The van der Waals surface area contributed by atoms with Crippen LogP contribution >= 0.6 is 0 Å². The van der Waals surface area contributed by atoms with Crippen LogP contribution in [0.2, 0.25) is 0 Å². The standard InChI is InChI=1S/C17H24O3/c1-4-14-11(2)12(3)16-15(19-14)10-18-17(20-16)13-8-6-5-7-9-13/h5-9,11-12,14-17H,4,10H2,1-3H3/t11?,12-,14+,15-,16?,17?/m0/s1. The molecule has 3 rings (SSSR count). The molecule has 2 fully saturated rings. The van der Waals surface area contributed by atoms with E-state index in [4.69, 9.17) is 14.2 Å². The number of benzene rings is 1. The normalized spacial score (nSPS) is 41.1. The van der Waals surface area contributed by atoms with Crippen LogP contribution in [0, 0.1) is 11.8 Å². The number of rotatable bonds is 2. The van der Waals surface area contributed by atoms with Gasteiger partial charge >= 0.3 is 0 Å². The van der Waals surface area contributed by atoms with Crippen molar-refractivity contribution in [2.45, 2.75) is 51.8 Å². The van der Waals surface area contributed by atoms with Crippen molar-refractivity contribution in [3.8, 4) is 0 Å². The first-order valence-electron chi connectivity index (χ1n) is 7.68. The first-order chi connectivity index (χ1) is 9.70. The van der Waals surface area contributed by atoms with E-state index < -0.39 is 0 Å². The van der Waals surface area contributed by atoms with Crippen LogP contribution in [0.15, 0.2) is 30.3 Å². The summed E-state index contributed by atoms with van der Waals surface area (Å²) >= 11 is 0. The molecule has 0 radical (unpaired) electrons. The maximum Gasteiger partial charge on any atom is 0.184 e. The Hall–Kier alpha value is -0.900. The maximum absolute atomic E-state index is 6.20. The summed E-state index contributed by atoms with van der Waals surface area (Å²) in [6, 6.07) is 10.2. The molecule has 0 aliphatic carbocycles. The smallest absolute Gasteiger partial charge is 0.184 e. The maximum atomic E-state index is 6.20. The van der Waals surface area contributed by atoms with Crippen molar-refractivity contribution in [3.63, 3.8) is 0 Å². The first kappa shape index (κ1) is 14.1. The van der Waals surface area contributed by atoms with Gasteiger partial charge in [-0.1, -0.05) is 51.1 Å². The van der Waals surface area contributed by atoms with E-state index in [9.17, 15) is 0 Å². The molecule has 0 N–H and O–H groups in total. The third-order valence-corrected chi connectivity index (χ3v) is 4.82. The molecule has 6 atom stereocenters. The molecule has 110 valence electrons. The molecule has 2 saturated heterocycles.